The second kappa shape index (κ2) is 9.01. The van der Waals surface area contributed by atoms with Crippen LogP contribution in [0, 0.1) is 11.8 Å². The van der Waals surface area contributed by atoms with Crippen molar-refractivity contribution in [2.75, 3.05) is 26.8 Å². The Kier molecular flexibility index (Phi) is 8.08. The molecule has 0 aromatic carbocycles. The van der Waals surface area contributed by atoms with Crippen LogP contribution >= 0.6 is 0 Å². The molecule has 0 aromatic heterocycles. The Morgan fingerprint density at radius 1 is 1.20 bits per heavy atom. The number of methoxy groups -OCH3 is 1. The van der Waals surface area contributed by atoms with Gasteiger partial charge >= 0.3 is 0 Å². The van der Waals surface area contributed by atoms with Crippen molar-refractivity contribution in [1.29, 1.82) is 0 Å². The predicted octanol–water partition coefficient (Wildman–Crippen LogP) is 3.62. The third kappa shape index (κ3) is 5.71. The molecule has 20 heavy (non-hydrogen) atoms. The first-order valence-electron chi connectivity index (χ1n) is 8.40. The van der Waals surface area contributed by atoms with Crippen LogP contribution < -0.4 is 5.32 Å². The number of hydrogen-bond donors (Lipinski definition) is 1. The molecule has 1 atom stereocenters. The van der Waals surface area contributed by atoms with Crippen molar-refractivity contribution in [2.45, 2.75) is 71.5 Å². The summed E-state index contributed by atoms with van der Waals surface area (Å²) in [4.78, 5) is 0. The van der Waals surface area contributed by atoms with Crippen molar-refractivity contribution in [2.24, 2.45) is 11.8 Å². The number of rotatable bonds is 9. The fourth-order valence-corrected chi connectivity index (χ4v) is 3.36. The Morgan fingerprint density at radius 2 is 1.85 bits per heavy atom. The van der Waals surface area contributed by atoms with Gasteiger partial charge in [0.2, 0.25) is 0 Å². The van der Waals surface area contributed by atoms with E-state index in [1.165, 1.54) is 32.1 Å². The Hall–Kier alpha value is -0.120. The van der Waals surface area contributed by atoms with Crippen LogP contribution in [0.1, 0.15) is 59.8 Å². The molecule has 0 saturated heterocycles. The quantitative estimate of drug-likeness (QED) is 0.656. The molecule has 0 spiro atoms. The van der Waals surface area contributed by atoms with E-state index < -0.39 is 0 Å². The predicted molar refractivity (Wildman–Crippen MR) is 85.1 cm³/mol. The van der Waals surface area contributed by atoms with E-state index in [9.17, 15) is 0 Å². The molecule has 1 rings (SSSR count). The SMILES string of the molecule is CCCNCC1(OC(C)COC)CCC(C(C)C)CC1. The summed E-state index contributed by atoms with van der Waals surface area (Å²) in [6.45, 7) is 11.8. The minimum absolute atomic E-state index is 0.0263. The van der Waals surface area contributed by atoms with E-state index in [4.69, 9.17) is 9.47 Å². The van der Waals surface area contributed by atoms with Crippen molar-refractivity contribution in [1.82, 2.24) is 5.32 Å². The molecule has 1 saturated carbocycles. The van der Waals surface area contributed by atoms with Gasteiger partial charge < -0.3 is 14.8 Å². The van der Waals surface area contributed by atoms with E-state index >= 15 is 0 Å². The number of ether oxygens (including phenoxy) is 2. The first-order valence-corrected chi connectivity index (χ1v) is 8.40. The highest BCUT2D eigenvalue weighted by Gasteiger charge is 2.37. The monoisotopic (exact) mass is 285 g/mol. The average molecular weight is 285 g/mol. The van der Waals surface area contributed by atoms with Gasteiger partial charge in [0.25, 0.3) is 0 Å². The Bertz CT molecular complexity index is 247. The van der Waals surface area contributed by atoms with Crippen molar-refractivity contribution >= 4 is 0 Å². The van der Waals surface area contributed by atoms with E-state index in [0.29, 0.717) is 6.61 Å². The highest BCUT2D eigenvalue weighted by atomic mass is 16.5. The van der Waals surface area contributed by atoms with Crippen molar-refractivity contribution in [3.05, 3.63) is 0 Å². The molecule has 120 valence electrons. The zero-order chi connectivity index (χ0) is 15.0. The molecule has 0 radical (unpaired) electrons. The fourth-order valence-electron chi connectivity index (χ4n) is 3.36. The normalized spacial score (nSPS) is 28.8. The molecule has 1 fully saturated rings. The average Bonchev–Trinajstić information content (AvgIpc) is 2.39. The second-order valence-corrected chi connectivity index (χ2v) is 6.83. The van der Waals surface area contributed by atoms with Gasteiger partial charge in [-0.05, 0) is 57.4 Å². The van der Waals surface area contributed by atoms with E-state index in [-0.39, 0.29) is 11.7 Å². The molecule has 1 aliphatic rings. The Balaban J connectivity index is 2.56. The first kappa shape index (κ1) is 17.9. The first-order chi connectivity index (χ1) is 9.53. The molecule has 0 amide bonds. The third-order valence-corrected chi connectivity index (χ3v) is 4.61. The molecular weight excluding hydrogens is 250 g/mol. The molecule has 0 aromatic rings. The van der Waals surface area contributed by atoms with E-state index in [1.807, 2.05) is 0 Å². The molecule has 3 nitrogen and oxygen atoms in total. The molecule has 1 unspecified atom stereocenters. The molecule has 3 heteroatoms. The maximum atomic E-state index is 6.41. The lowest BCUT2D eigenvalue weighted by Gasteiger charge is -2.43. The summed E-state index contributed by atoms with van der Waals surface area (Å²) in [5, 5.41) is 3.57. The van der Waals surface area contributed by atoms with Crippen molar-refractivity contribution in [3.63, 3.8) is 0 Å². The second-order valence-electron chi connectivity index (χ2n) is 6.83. The van der Waals surface area contributed by atoms with Crippen LogP contribution in [-0.2, 0) is 9.47 Å². The van der Waals surface area contributed by atoms with Gasteiger partial charge in [-0.25, -0.2) is 0 Å². The van der Waals surface area contributed by atoms with E-state index in [2.05, 4.69) is 33.0 Å². The lowest BCUT2D eigenvalue weighted by molar-refractivity contribution is -0.129. The topological polar surface area (TPSA) is 30.5 Å². The maximum Gasteiger partial charge on any atom is 0.0811 e. The van der Waals surface area contributed by atoms with Gasteiger partial charge in [0.05, 0.1) is 18.3 Å². The minimum Gasteiger partial charge on any atom is -0.382 e. The Labute approximate surface area is 125 Å². The lowest BCUT2D eigenvalue weighted by atomic mass is 9.74. The number of hydrogen-bond acceptors (Lipinski definition) is 3. The van der Waals surface area contributed by atoms with Crippen LogP contribution in [0.15, 0.2) is 0 Å². The summed E-state index contributed by atoms with van der Waals surface area (Å²) in [6, 6.07) is 0. The van der Waals surface area contributed by atoms with Gasteiger partial charge in [-0.15, -0.1) is 0 Å². The zero-order valence-corrected chi connectivity index (χ0v) is 14.2. The lowest BCUT2D eigenvalue weighted by Crippen LogP contribution is -2.48. The Morgan fingerprint density at radius 3 is 2.35 bits per heavy atom. The number of nitrogens with one attached hydrogen (secondary N) is 1. The van der Waals surface area contributed by atoms with E-state index in [1.54, 1.807) is 7.11 Å². The van der Waals surface area contributed by atoms with Gasteiger partial charge in [-0.3, -0.25) is 0 Å². The van der Waals surface area contributed by atoms with Crippen LogP contribution in [0.4, 0.5) is 0 Å². The molecule has 0 bridgehead atoms. The highest BCUT2D eigenvalue weighted by molar-refractivity contribution is 4.90. The maximum absolute atomic E-state index is 6.41. The zero-order valence-electron chi connectivity index (χ0n) is 14.2. The summed E-state index contributed by atoms with van der Waals surface area (Å²) in [6.07, 6.45) is 6.31. The van der Waals surface area contributed by atoms with Gasteiger partial charge in [0, 0.05) is 13.7 Å². The summed E-state index contributed by atoms with van der Waals surface area (Å²) in [5.74, 6) is 1.67. The van der Waals surface area contributed by atoms with Crippen LogP contribution in [0.25, 0.3) is 0 Å². The highest BCUT2D eigenvalue weighted by Crippen LogP contribution is 2.38. The molecule has 1 N–H and O–H groups in total. The van der Waals surface area contributed by atoms with Crippen LogP contribution in [0.5, 0.6) is 0 Å². The summed E-state index contributed by atoms with van der Waals surface area (Å²) in [5.41, 5.74) is 0.0263. The van der Waals surface area contributed by atoms with Crippen LogP contribution in [0.3, 0.4) is 0 Å². The smallest absolute Gasteiger partial charge is 0.0811 e. The molecule has 1 aliphatic carbocycles. The summed E-state index contributed by atoms with van der Waals surface area (Å²) >= 11 is 0. The fraction of sp³-hybridized carbons (Fsp3) is 1.00. The van der Waals surface area contributed by atoms with Crippen molar-refractivity contribution < 1.29 is 9.47 Å². The standard InChI is InChI=1S/C17H35NO2/c1-6-11-18-13-17(20-15(4)12-19-5)9-7-16(8-10-17)14(2)3/h14-16,18H,6-13H2,1-5H3. The molecule has 0 heterocycles. The minimum atomic E-state index is 0.0263. The van der Waals surface area contributed by atoms with Gasteiger partial charge in [0.1, 0.15) is 0 Å². The molecule has 0 aliphatic heterocycles. The van der Waals surface area contributed by atoms with E-state index in [0.717, 1.165) is 24.9 Å². The third-order valence-electron chi connectivity index (χ3n) is 4.61. The molecular formula is C17H35NO2. The largest absolute Gasteiger partial charge is 0.382 e. The van der Waals surface area contributed by atoms with Crippen molar-refractivity contribution in [3.8, 4) is 0 Å². The van der Waals surface area contributed by atoms with Gasteiger partial charge in [-0.1, -0.05) is 20.8 Å². The van der Waals surface area contributed by atoms with Crippen LogP contribution in [-0.4, -0.2) is 38.5 Å². The van der Waals surface area contributed by atoms with Gasteiger partial charge in [0.15, 0.2) is 0 Å². The van der Waals surface area contributed by atoms with Crippen LogP contribution in [0.2, 0.25) is 0 Å². The summed E-state index contributed by atoms with van der Waals surface area (Å²) in [7, 11) is 1.75. The summed E-state index contributed by atoms with van der Waals surface area (Å²) < 4.78 is 11.6. The van der Waals surface area contributed by atoms with Gasteiger partial charge in [-0.2, -0.15) is 0 Å².